The number of carbonyl (C=O) groups excluding carboxylic acids is 1. The highest BCUT2D eigenvalue weighted by molar-refractivity contribution is 5.93. The number of hydrogen-bond donors (Lipinski definition) is 4. The Balaban J connectivity index is 1.42. The van der Waals surface area contributed by atoms with Gasteiger partial charge in [-0.2, -0.15) is 4.98 Å². The van der Waals surface area contributed by atoms with Crippen LogP contribution in [0.5, 0.6) is 11.5 Å². The SMILES string of the molecule is COc1ccccc1-c1nc(NC(=O)C2CC(c3ccccc3OC)NN2)n[nH]1. The predicted octanol–water partition coefficient (Wildman–Crippen LogP) is 2.04. The van der Waals surface area contributed by atoms with Gasteiger partial charge in [-0.1, -0.05) is 30.3 Å². The van der Waals surface area contributed by atoms with Crippen LogP contribution < -0.4 is 25.6 Å². The zero-order valence-corrected chi connectivity index (χ0v) is 16.1. The number of aromatic amines is 1. The molecule has 29 heavy (non-hydrogen) atoms. The van der Waals surface area contributed by atoms with Gasteiger partial charge in [-0.3, -0.25) is 15.2 Å². The molecule has 0 saturated carbocycles. The van der Waals surface area contributed by atoms with Crippen LogP contribution in [0.3, 0.4) is 0 Å². The van der Waals surface area contributed by atoms with Gasteiger partial charge < -0.3 is 9.47 Å². The molecule has 0 bridgehead atoms. The third-order valence-electron chi connectivity index (χ3n) is 4.82. The fourth-order valence-corrected chi connectivity index (χ4v) is 3.36. The molecule has 1 fully saturated rings. The highest BCUT2D eigenvalue weighted by Gasteiger charge is 2.32. The summed E-state index contributed by atoms with van der Waals surface area (Å²) in [7, 11) is 3.22. The number of hydrazine groups is 1. The first-order chi connectivity index (χ1) is 14.2. The lowest BCUT2D eigenvalue weighted by Crippen LogP contribution is -2.39. The van der Waals surface area contributed by atoms with Gasteiger partial charge in [-0.05, 0) is 24.6 Å². The average Bonchev–Trinajstić information content (AvgIpc) is 3.43. The number of para-hydroxylation sites is 2. The minimum absolute atomic E-state index is 0.0433. The summed E-state index contributed by atoms with van der Waals surface area (Å²) in [5, 5.41) is 9.67. The van der Waals surface area contributed by atoms with Crippen molar-refractivity contribution in [3.8, 4) is 22.9 Å². The van der Waals surface area contributed by atoms with Gasteiger partial charge in [0.2, 0.25) is 11.9 Å². The van der Waals surface area contributed by atoms with Crippen LogP contribution in [0.1, 0.15) is 18.0 Å². The first-order valence-corrected chi connectivity index (χ1v) is 9.20. The predicted molar refractivity (Wildman–Crippen MR) is 107 cm³/mol. The van der Waals surface area contributed by atoms with E-state index in [1.807, 2.05) is 48.5 Å². The van der Waals surface area contributed by atoms with E-state index in [1.165, 1.54) is 0 Å². The summed E-state index contributed by atoms with van der Waals surface area (Å²) in [6.07, 6.45) is 0.565. The van der Waals surface area contributed by atoms with Crippen molar-refractivity contribution in [1.29, 1.82) is 0 Å². The van der Waals surface area contributed by atoms with Crippen LogP contribution in [0.2, 0.25) is 0 Å². The highest BCUT2D eigenvalue weighted by atomic mass is 16.5. The number of nitrogens with zero attached hydrogens (tertiary/aromatic N) is 2. The zero-order valence-electron chi connectivity index (χ0n) is 16.1. The number of benzene rings is 2. The molecule has 2 heterocycles. The first kappa shape index (κ1) is 18.9. The largest absolute Gasteiger partial charge is 0.496 e. The van der Waals surface area contributed by atoms with E-state index in [1.54, 1.807) is 14.2 Å². The number of rotatable bonds is 6. The second-order valence-corrected chi connectivity index (χ2v) is 6.57. The molecule has 2 atom stereocenters. The van der Waals surface area contributed by atoms with E-state index in [4.69, 9.17) is 9.47 Å². The van der Waals surface area contributed by atoms with Crippen molar-refractivity contribution >= 4 is 11.9 Å². The summed E-state index contributed by atoms with van der Waals surface area (Å²) < 4.78 is 10.8. The van der Waals surface area contributed by atoms with Gasteiger partial charge in [0.05, 0.1) is 25.8 Å². The van der Waals surface area contributed by atoms with E-state index in [-0.39, 0.29) is 17.9 Å². The van der Waals surface area contributed by atoms with E-state index in [0.717, 1.165) is 16.9 Å². The summed E-state index contributed by atoms with van der Waals surface area (Å²) >= 11 is 0. The van der Waals surface area contributed by atoms with E-state index >= 15 is 0 Å². The Morgan fingerprint density at radius 3 is 2.55 bits per heavy atom. The van der Waals surface area contributed by atoms with Gasteiger partial charge in [0.15, 0.2) is 5.82 Å². The molecule has 9 nitrogen and oxygen atoms in total. The second kappa shape index (κ2) is 8.29. The third kappa shape index (κ3) is 3.91. The topological polar surface area (TPSA) is 113 Å². The summed E-state index contributed by atoms with van der Waals surface area (Å²) in [6, 6.07) is 14.7. The fraction of sp³-hybridized carbons (Fsp3) is 0.250. The van der Waals surface area contributed by atoms with E-state index in [0.29, 0.717) is 18.0 Å². The Kier molecular flexibility index (Phi) is 5.41. The number of hydrogen-bond acceptors (Lipinski definition) is 7. The van der Waals surface area contributed by atoms with E-state index in [9.17, 15) is 4.79 Å². The van der Waals surface area contributed by atoms with Gasteiger partial charge in [-0.25, -0.2) is 10.9 Å². The lowest BCUT2D eigenvalue weighted by Gasteiger charge is -2.13. The van der Waals surface area contributed by atoms with Crippen molar-refractivity contribution in [2.24, 2.45) is 0 Å². The summed E-state index contributed by atoms with van der Waals surface area (Å²) in [5.74, 6) is 1.95. The maximum atomic E-state index is 12.7. The molecule has 150 valence electrons. The number of aromatic nitrogens is 3. The Labute approximate surface area is 167 Å². The lowest BCUT2D eigenvalue weighted by atomic mass is 10.0. The monoisotopic (exact) mass is 394 g/mol. The number of methoxy groups -OCH3 is 2. The maximum absolute atomic E-state index is 12.7. The average molecular weight is 394 g/mol. The molecule has 2 unspecified atom stereocenters. The minimum atomic E-state index is -0.432. The summed E-state index contributed by atoms with van der Waals surface area (Å²) in [4.78, 5) is 17.0. The summed E-state index contributed by atoms with van der Waals surface area (Å²) in [6.45, 7) is 0. The van der Waals surface area contributed by atoms with Crippen LogP contribution in [0.4, 0.5) is 5.95 Å². The van der Waals surface area contributed by atoms with Gasteiger partial charge in [0.1, 0.15) is 17.5 Å². The lowest BCUT2D eigenvalue weighted by molar-refractivity contribution is -0.117. The van der Waals surface area contributed by atoms with Crippen molar-refractivity contribution in [3.63, 3.8) is 0 Å². The molecule has 1 aliphatic heterocycles. The first-order valence-electron chi connectivity index (χ1n) is 9.20. The number of ether oxygens (including phenoxy) is 2. The van der Waals surface area contributed by atoms with Crippen LogP contribution in [-0.4, -0.2) is 41.3 Å². The van der Waals surface area contributed by atoms with E-state index in [2.05, 4.69) is 31.3 Å². The Morgan fingerprint density at radius 1 is 1.03 bits per heavy atom. The molecule has 0 spiro atoms. The number of amides is 1. The van der Waals surface area contributed by atoms with Crippen molar-refractivity contribution in [2.45, 2.75) is 18.5 Å². The number of carbonyl (C=O) groups is 1. The molecule has 4 rings (SSSR count). The number of nitrogens with one attached hydrogen (secondary N) is 4. The molecule has 2 aromatic carbocycles. The molecule has 3 aromatic rings. The van der Waals surface area contributed by atoms with Gasteiger partial charge in [-0.15, -0.1) is 5.10 Å². The maximum Gasteiger partial charge on any atom is 0.249 e. The highest BCUT2D eigenvalue weighted by Crippen LogP contribution is 2.30. The van der Waals surface area contributed by atoms with Crippen LogP contribution in [0.25, 0.3) is 11.4 Å². The molecular weight excluding hydrogens is 372 g/mol. The van der Waals surface area contributed by atoms with Crippen molar-refractivity contribution < 1.29 is 14.3 Å². The number of anilines is 1. The zero-order chi connectivity index (χ0) is 20.2. The normalized spacial score (nSPS) is 18.4. The molecular formula is C20H22N6O3. The Hall–Kier alpha value is -3.43. The standard InChI is InChI=1S/C20H22N6O3/c1-28-16-9-5-3-7-12(16)14-11-15(24-23-14)19(27)22-20-21-18(25-26-20)13-8-4-6-10-17(13)29-2/h3-10,14-15,23-24H,11H2,1-2H3,(H2,21,22,25,26,27). The molecule has 0 aliphatic carbocycles. The van der Waals surface area contributed by atoms with E-state index < -0.39 is 6.04 Å². The minimum Gasteiger partial charge on any atom is -0.496 e. The van der Waals surface area contributed by atoms with Crippen LogP contribution in [-0.2, 0) is 4.79 Å². The Morgan fingerprint density at radius 2 is 1.76 bits per heavy atom. The quantitative estimate of drug-likeness (QED) is 0.506. The van der Waals surface area contributed by atoms with Crippen molar-refractivity contribution in [1.82, 2.24) is 26.0 Å². The van der Waals surface area contributed by atoms with Crippen molar-refractivity contribution in [2.75, 3.05) is 19.5 Å². The molecule has 0 radical (unpaired) electrons. The number of H-pyrrole nitrogens is 1. The smallest absolute Gasteiger partial charge is 0.249 e. The molecule has 1 aliphatic rings. The van der Waals surface area contributed by atoms with Gasteiger partial charge in [0.25, 0.3) is 0 Å². The second-order valence-electron chi connectivity index (χ2n) is 6.57. The Bertz CT molecular complexity index is 1010. The van der Waals surface area contributed by atoms with Crippen LogP contribution in [0.15, 0.2) is 48.5 Å². The van der Waals surface area contributed by atoms with Gasteiger partial charge >= 0.3 is 0 Å². The van der Waals surface area contributed by atoms with Crippen LogP contribution in [0, 0.1) is 0 Å². The molecule has 1 amide bonds. The molecule has 1 aromatic heterocycles. The molecule has 9 heteroatoms. The van der Waals surface area contributed by atoms with Crippen LogP contribution >= 0.6 is 0 Å². The van der Waals surface area contributed by atoms with Crippen molar-refractivity contribution in [3.05, 3.63) is 54.1 Å². The van der Waals surface area contributed by atoms with Gasteiger partial charge in [0, 0.05) is 5.56 Å². The summed E-state index contributed by atoms with van der Waals surface area (Å²) in [5.41, 5.74) is 7.94. The molecule has 1 saturated heterocycles. The third-order valence-corrected chi connectivity index (χ3v) is 4.82. The molecule has 4 N–H and O–H groups in total. The fourth-order valence-electron chi connectivity index (χ4n) is 3.36.